The Bertz CT molecular complexity index is 596. The number of pyridine rings is 1. The van der Waals surface area contributed by atoms with Gasteiger partial charge in [-0.15, -0.1) is 0 Å². The van der Waals surface area contributed by atoms with E-state index in [0.717, 1.165) is 29.8 Å². The first-order valence-corrected chi connectivity index (χ1v) is 6.37. The lowest BCUT2D eigenvalue weighted by molar-refractivity contribution is 0.0966. The Morgan fingerprint density at radius 3 is 3.05 bits per heavy atom. The molecule has 19 heavy (non-hydrogen) atoms. The van der Waals surface area contributed by atoms with Gasteiger partial charge in [0.1, 0.15) is 0 Å². The lowest BCUT2D eigenvalue weighted by Crippen LogP contribution is -2.15. The summed E-state index contributed by atoms with van der Waals surface area (Å²) in [6.07, 6.45) is 4.52. The number of carbonyl (C=O) groups excluding carboxylic acids is 1. The number of hydrogen-bond donors (Lipinski definition) is 2. The number of aromatic nitrogens is 1. The highest BCUT2D eigenvalue weighted by atomic mass is 16.1. The zero-order chi connectivity index (χ0) is 13.1. The van der Waals surface area contributed by atoms with Gasteiger partial charge < -0.3 is 10.6 Å². The number of amides is 1. The van der Waals surface area contributed by atoms with Crippen molar-refractivity contribution in [1.82, 2.24) is 10.3 Å². The molecule has 0 fully saturated rings. The predicted molar refractivity (Wildman–Crippen MR) is 74.0 cm³/mol. The fourth-order valence-electron chi connectivity index (χ4n) is 2.31. The standard InChI is InChI=1S/C15H15N3O/c19-15-14-12(10-18-15)4-1-5-13(14)17-8-6-11-3-2-7-16-9-11/h1-5,7,9,17H,6,8,10H2,(H,18,19). The molecule has 1 aromatic carbocycles. The van der Waals surface area contributed by atoms with E-state index < -0.39 is 0 Å². The van der Waals surface area contributed by atoms with E-state index in [0.29, 0.717) is 6.54 Å². The van der Waals surface area contributed by atoms with E-state index >= 15 is 0 Å². The zero-order valence-corrected chi connectivity index (χ0v) is 10.5. The van der Waals surface area contributed by atoms with Crippen LogP contribution in [0.15, 0.2) is 42.7 Å². The average Bonchev–Trinajstić information content (AvgIpc) is 2.83. The third-order valence-electron chi connectivity index (χ3n) is 3.27. The smallest absolute Gasteiger partial charge is 0.253 e. The summed E-state index contributed by atoms with van der Waals surface area (Å²) < 4.78 is 0. The van der Waals surface area contributed by atoms with Crippen LogP contribution in [0.2, 0.25) is 0 Å². The predicted octanol–water partition coefficient (Wildman–Crippen LogP) is 1.98. The second-order valence-electron chi connectivity index (χ2n) is 4.56. The second kappa shape index (κ2) is 5.10. The maximum absolute atomic E-state index is 11.8. The number of nitrogens with zero attached hydrogens (tertiary/aromatic N) is 1. The van der Waals surface area contributed by atoms with Crippen LogP contribution in [-0.2, 0) is 13.0 Å². The topological polar surface area (TPSA) is 54.0 Å². The maximum atomic E-state index is 11.8. The Morgan fingerprint density at radius 2 is 2.21 bits per heavy atom. The van der Waals surface area contributed by atoms with Crippen molar-refractivity contribution >= 4 is 11.6 Å². The van der Waals surface area contributed by atoms with E-state index in [4.69, 9.17) is 0 Å². The van der Waals surface area contributed by atoms with Crippen molar-refractivity contribution in [1.29, 1.82) is 0 Å². The average molecular weight is 253 g/mol. The Kier molecular flexibility index (Phi) is 3.14. The van der Waals surface area contributed by atoms with E-state index in [9.17, 15) is 4.79 Å². The van der Waals surface area contributed by atoms with Crippen molar-refractivity contribution in [3.05, 3.63) is 59.4 Å². The zero-order valence-electron chi connectivity index (χ0n) is 10.5. The van der Waals surface area contributed by atoms with Crippen LogP contribution in [0.25, 0.3) is 0 Å². The van der Waals surface area contributed by atoms with Gasteiger partial charge in [-0.2, -0.15) is 0 Å². The molecule has 1 aliphatic heterocycles. The van der Waals surface area contributed by atoms with E-state index in [-0.39, 0.29) is 5.91 Å². The number of benzene rings is 1. The summed E-state index contributed by atoms with van der Waals surface area (Å²) in [7, 11) is 0. The Morgan fingerprint density at radius 1 is 1.26 bits per heavy atom. The summed E-state index contributed by atoms with van der Waals surface area (Å²) in [6, 6.07) is 9.90. The third kappa shape index (κ3) is 2.42. The van der Waals surface area contributed by atoms with E-state index in [2.05, 4.69) is 21.7 Å². The third-order valence-corrected chi connectivity index (χ3v) is 3.27. The van der Waals surface area contributed by atoms with Crippen LogP contribution in [0.5, 0.6) is 0 Å². The van der Waals surface area contributed by atoms with Crippen LogP contribution < -0.4 is 10.6 Å². The van der Waals surface area contributed by atoms with Gasteiger partial charge in [-0.05, 0) is 29.7 Å². The molecule has 1 aromatic heterocycles. The molecule has 0 bridgehead atoms. The number of fused-ring (bicyclic) bond motifs is 1. The van der Waals surface area contributed by atoms with E-state index in [1.54, 1.807) is 6.20 Å². The van der Waals surface area contributed by atoms with Crippen molar-refractivity contribution in [2.75, 3.05) is 11.9 Å². The van der Waals surface area contributed by atoms with Crippen LogP contribution in [0.4, 0.5) is 5.69 Å². The van der Waals surface area contributed by atoms with E-state index in [1.165, 1.54) is 5.56 Å². The van der Waals surface area contributed by atoms with Gasteiger partial charge >= 0.3 is 0 Å². The molecular weight excluding hydrogens is 238 g/mol. The second-order valence-corrected chi connectivity index (χ2v) is 4.56. The molecule has 4 nitrogen and oxygen atoms in total. The number of rotatable bonds is 4. The minimum absolute atomic E-state index is 0.0134. The Balaban J connectivity index is 1.68. The monoisotopic (exact) mass is 253 g/mol. The molecule has 0 unspecified atom stereocenters. The number of nitrogens with one attached hydrogen (secondary N) is 2. The highest BCUT2D eigenvalue weighted by Crippen LogP contribution is 2.24. The van der Waals surface area contributed by atoms with Crippen molar-refractivity contribution in [3.63, 3.8) is 0 Å². The lowest BCUT2D eigenvalue weighted by Gasteiger charge is -2.09. The maximum Gasteiger partial charge on any atom is 0.253 e. The van der Waals surface area contributed by atoms with Crippen molar-refractivity contribution in [2.24, 2.45) is 0 Å². The Hall–Kier alpha value is -2.36. The molecule has 0 spiro atoms. The van der Waals surface area contributed by atoms with Gasteiger partial charge in [-0.25, -0.2) is 0 Å². The molecule has 0 saturated heterocycles. The SMILES string of the molecule is O=C1NCc2cccc(NCCc3cccnc3)c21. The molecular formula is C15H15N3O. The summed E-state index contributed by atoms with van der Waals surface area (Å²) in [5, 5.41) is 6.18. The number of carbonyl (C=O) groups is 1. The Labute approximate surface area is 111 Å². The summed E-state index contributed by atoms with van der Waals surface area (Å²) in [6.45, 7) is 1.42. The molecule has 1 amide bonds. The first kappa shape index (κ1) is 11.7. The van der Waals surface area contributed by atoms with Crippen molar-refractivity contribution in [2.45, 2.75) is 13.0 Å². The van der Waals surface area contributed by atoms with Crippen LogP contribution in [0.1, 0.15) is 21.5 Å². The molecule has 2 N–H and O–H groups in total. The quantitative estimate of drug-likeness (QED) is 0.876. The van der Waals surface area contributed by atoms with Gasteiger partial charge in [-0.1, -0.05) is 18.2 Å². The summed E-state index contributed by atoms with van der Waals surface area (Å²) in [5.74, 6) is 0.0134. The fraction of sp³-hybridized carbons (Fsp3) is 0.200. The van der Waals surface area contributed by atoms with Gasteiger partial charge in [0, 0.05) is 31.2 Å². The molecule has 2 aromatic rings. The van der Waals surface area contributed by atoms with Crippen LogP contribution in [0, 0.1) is 0 Å². The first-order valence-electron chi connectivity index (χ1n) is 6.37. The summed E-state index contributed by atoms with van der Waals surface area (Å²) in [5.41, 5.74) is 3.95. The normalized spacial score (nSPS) is 12.9. The highest BCUT2D eigenvalue weighted by Gasteiger charge is 2.21. The fourth-order valence-corrected chi connectivity index (χ4v) is 2.31. The largest absolute Gasteiger partial charge is 0.384 e. The van der Waals surface area contributed by atoms with Gasteiger partial charge in [-0.3, -0.25) is 9.78 Å². The van der Waals surface area contributed by atoms with Crippen LogP contribution in [-0.4, -0.2) is 17.4 Å². The highest BCUT2D eigenvalue weighted by molar-refractivity contribution is 6.03. The van der Waals surface area contributed by atoms with Crippen LogP contribution >= 0.6 is 0 Å². The molecule has 4 heteroatoms. The number of hydrogen-bond acceptors (Lipinski definition) is 3. The molecule has 96 valence electrons. The molecule has 0 atom stereocenters. The lowest BCUT2D eigenvalue weighted by atomic mass is 10.1. The van der Waals surface area contributed by atoms with Crippen molar-refractivity contribution in [3.8, 4) is 0 Å². The molecule has 0 aliphatic carbocycles. The molecule has 3 rings (SSSR count). The van der Waals surface area contributed by atoms with Crippen LogP contribution in [0.3, 0.4) is 0 Å². The van der Waals surface area contributed by atoms with Crippen molar-refractivity contribution < 1.29 is 4.79 Å². The summed E-state index contributed by atoms with van der Waals surface area (Å²) in [4.78, 5) is 15.8. The van der Waals surface area contributed by atoms with Gasteiger partial charge in [0.25, 0.3) is 5.91 Å². The molecule has 2 heterocycles. The molecule has 1 aliphatic rings. The minimum atomic E-state index is 0.0134. The molecule has 0 radical (unpaired) electrons. The first-order chi connectivity index (χ1) is 9.34. The summed E-state index contributed by atoms with van der Waals surface area (Å²) >= 11 is 0. The van der Waals surface area contributed by atoms with Gasteiger partial charge in [0.2, 0.25) is 0 Å². The number of anilines is 1. The van der Waals surface area contributed by atoms with Gasteiger partial charge in [0.05, 0.1) is 5.56 Å². The van der Waals surface area contributed by atoms with Gasteiger partial charge in [0.15, 0.2) is 0 Å². The molecule has 0 saturated carbocycles. The van der Waals surface area contributed by atoms with E-state index in [1.807, 2.05) is 30.5 Å². The minimum Gasteiger partial charge on any atom is -0.384 e.